The summed E-state index contributed by atoms with van der Waals surface area (Å²) in [5.74, 6) is 0.588. The Labute approximate surface area is 206 Å². The first kappa shape index (κ1) is 24.4. The smallest absolute Gasteiger partial charge is 0.302 e. The highest BCUT2D eigenvalue weighted by molar-refractivity contribution is 5.63. The second-order valence-corrected chi connectivity index (χ2v) is 8.77. The fourth-order valence-corrected chi connectivity index (χ4v) is 4.07. The maximum Gasteiger partial charge on any atom is 0.302 e. The molecule has 8 nitrogen and oxygen atoms in total. The molecule has 8 heteroatoms. The van der Waals surface area contributed by atoms with Crippen LogP contribution in [0.2, 0.25) is 0 Å². The Bertz CT molecular complexity index is 1240. The lowest BCUT2D eigenvalue weighted by Gasteiger charge is -2.32. The Hall–Kier alpha value is -3.75. The minimum atomic E-state index is -0.291. The third-order valence-electron chi connectivity index (χ3n) is 6.21. The first-order chi connectivity index (χ1) is 16.9. The molecular formula is C27H32N6O2. The van der Waals surface area contributed by atoms with Crippen molar-refractivity contribution in [3.05, 3.63) is 81.9 Å². The number of H-pyrrole nitrogens is 1. The first-order valence-electron chi connectivity index (χ1n) is 11.7. The molecular weight excluding hydrogens is 440 g/mol. The predicted octanol–water partition coefficient (Wildman–Crippen LogP) is 4.06. The van der Waals surface area contributed by atoms with Crippen LogP contribution in [-0.2, 0) is 6.54 Å². The van der Waals surface area contributed by atoms with Crippen LogP contribution in [0.4, 0.5) is 11.4 Å². The third-order valence-corrected chi connectivity index (χ3v) is 6.21. The van der Waals surface area contributed by atoms with Crippen LogP contribution in [0.5, 0.6) is 11.8 Å². The van der Waals surface area contributed by atoms with E-state index in [1.165, 1.54) is 11.8 Å². The number of likely N-dealkylation sites (N-methyl/N-ethyl adjacent to an activating group) is 1. The van der Waals surface area contributed by atoms with E-state index >= 15 is 0 Å². The van der Waals surface area contributed by atoms with Crippen molar-refractivity contribution in [3.8, 4) is 11.8 Å². The normalized spacial score (nSPS) is 14.8. The van der Waals surface area contributed by atoms with Gasteiger partial charge in [0.25, 0.3) is 5.56 Å². The number of nitrogens with zero attached hydrogens (tertiary/aromatic N) is 5. The number of hydrogen-bond acceptors (Lipinski definition) is 7. The van der Waals surface area contributed by atoms with Gasteiger partial charge in [-0.3, -0.25) is 19.7 Å². The fraction of sp³-hybridized carbons (Fsp3) is 0.296. The molecule has 182 valence electrons. The number of aromatic nitrogens is 2. The van der Waals surface area contributed by atoms with E-state index in [1.54, 1.807) is 13.0 Å². The van der Waals surface area contributed by atoms with Crippen LogP contribution in [-0.4, -0.2) is 66.8 Å². The average molecular weight is 473 g/mol. The number of aliphatic imine (C=N–C) groups is 1. The molecule has 4 rings (SSSR count). The summed E-state index contributed by atoms with van der Waals surface area (Å²) in [6, 6.07) is 16.5. The first-order valence-corrected chi connectivity index (χ1v) is 11.7. The molecule has 1 aromatic heterocycles. The molecule has 1 aliphatic rings. The van der Waals surface area contributed by atoms with Gasteiger partial charge in [0, 0.05) is 57.3 Å². The molecule has 1 saturated heterocycles. The number of anilines is 2. The van der Waals surface area contributed by atoms with Crippen LogP contribution in [0, 0.1) is 6.92 Å². The van der Waals surface area contributed by atoms with E-state index in [1.807, 2.05) is 24.3 Å². The van der Waals surface area contributed by atoms with Gasteiger partial charge in [-0.25, -0.2) is 4.98 Å². The van der Waals surface area contributed by atoms with Crippen LogP contribution < -0.4 is 15.2 Å². The second kappa shape index (κ2) is 11.1. The summed E-state index contributed by atoms with van der Waals surface area (Å²) in [7, 11) is 4.23. The van der Waals surface area contributed by atoms with Crippen molar-refractivity contribution >= 4 is 24.2 Å². The van der Waals surface area contributed by atoms with Crippen molar-refractivity contribution in [2.45, 2.75) is 13.5 Å². The quantitative estimate of drug-likeness (QED) is 0.499. The molecule has 0 atom stereocenters. The lowest BCUT2D eigenvalue weighted by molar-refractivity contribution is 0.148. The van der Waals surface area contributed by atoms with Crippen LogP contribution in [0.25, 0.3) is 6.08 Å². The number of ether oxygens (including phenoxy) is 1. The van der Waals surface area contributed by atoms with E-state index in [-0.39, 0.29) is 11.6 Å². The van der Waals surface area contributed by atoms with Crippen LogP contribution in [0.3, 0.4) is 0 Å². The number of benzene rings is 2. The Kier molecular flexibility index (Phi) is 7.74. The predicted molar refractivity (Wildman–Crippen MR) is 142 cm³/mol. The molecule has 0 aliphatic carbocycles. The van der Waals surface area contributed by atoms with E-state index in [9.17, 15) is 4.79 Å². The molecule has 0 spiro atoms. The Morgan fingerprint density at radius 1 is 1.14 bits per heavy atom. The molecule has 0 radical (unpaired) electrons. The highest BCUT2D eigenvalue weighted by atomic mass is 16.5. The van der Waals surface area contributed by atoms with Gasteiger partial charge < -0.3 is 14.5 Å². The maximum atomic E-state index is 12.3. The molecule has 2 aromatic carbocycles. The zero-order chi connectivity index (χ0) is 24.8. The lowest BCUT2D eigenvalue weighted by atomic mass is 10.1. The summed E-state index contributed by atoms with van der Waals surface area (Å²) >= 11 is 0. The number of aromatic amines is 1. The molecule has 0 unspecified atom stereocenters. The molecule has 1 aliphatic heterocycles. The van der Waals surface area contributed by atoms with Crippen LogP contribution in [0.15, 0.2) is 64.5 Å². The SMILES string of the molecule is C=N/C=C\c1c(C)nc(Oc2ccc(N(C)c3cccc(CN4CCN(C)CC4)c3)cc2)[nH]c1=O. The number of rotatable bonds is 8. The Morgan fingerprint density at radius 2 is 1.89 bits per heavy atom. The highest BCUT2D eigenvalue weighted by Gasteiger charge is 2.14. The lowest BCUT2D eigenvalue weighted by Crippen LogP contribution is -2.43. The number of nitrogens with one attached hydrogen (secondary N) is 1. The minimum absolute atomic E-state index is 0.147. The average Bonchev–Trinajstić information content (AvgIpc) is 2.85. The van der Waals surface area contributed by atoms with E-state index in [0.717, 1.165) is 44.1 Å². The summed E-state index contributed by atoms with van der Waals surface area (Å²) < 4.78 is 5.80. The van der Waals surface area contributed by atoms with Gasteiger partial charge in [-0.15, -0.1) is 0 Å². The van der Waals surface area contributed by atoms with Crippen molar-refractivity contribution in [1.29, 1.82) is 0 Å². The van der Waals surface area contributed by atoms with Crippen molar-refractivity contribution < 1.29 is 4.74 Å². The van der Waals surface area contributed by atoms with E-state index < -0.39 is 0 Å². The topological polar surface area (TPSA) is 77.1 Å². The van der Waals surface area contributed by atoms with Crippen molar-refractivity contribution in [3.63, 3.8) is 0 Å². The van der Waals surface area contributed by atoms with Crippen molar-refractivity contribution in [2.24, 2.45) is 4.99 Å². The number of hydrogen-bond donors (Lipinski definition) is 1. The molecule has 0 amide bonds. The van der Waals surface area contributed by atoms with E-state index in [2.05, 4.69) is 74.7 Å². The molecule has 0 saturated carbocycles. The molecule has 1 N–H and O–H groups in total. The van der Waals surface area contributed by atoms with Crippen LogP contribution in [0.1, 0.15) is 16.8 Å². The summed E-state index contributed by atoms with van der Waals surface area (Å²) in [5.41, 5.74) is 4.16. The Morgan fingerprint density at radius 3 is 2.57 bits per heavy atom. The zero-order valence-corrected chi connectivity index (χ0v) is 20.6. The van der Waals surface area contributed by atoms with Gasteiger partial charge >= 0.3 is 6.01 Å². The summed E-state index contributed by atoms with van der Waals surface area (Å²) in [5, 5.41) is 0. The second-order valence-electron chi connectivity index (χ2n) is 8.77. The highest BCUT2D eigenvalue weighted by Crippen LogP contribution is 2.28. The number of aryl methyl sites for hydroxylation is 1. The van der Waals surface area contributed by atoms with Gasteiger partial charge in [0.2, 0.25) is 0 Å². The molecule has 3 aromatic rings. The third kappa shape index (κ3) is 6.23. The van der Waals surface area contributed by atoms with Gasteiger partial charge in [0.15, 0.2) is 0 Å². The molecule has 0 bridgehead atoms. The maximum absolute atomic E-state index is 12.3. The van der Waals surface area contributed by atoms with Crippen molar-refractivity contribution in [2.75, 3.05) is 45.2 Å². The summed E-state index contributed by atoms with van der Waals surface area (Å²) in [6.45, 7) is 10.5. The van der Waals surface area contributed by atoms with Crippen molar-refractivity contribution in [1.82, 2.24) is 19.8 Å². The summed E-state index contributed by atoms with van der Waals surface area (Å²) in [4.78, 5) is 30.0. The molecule has 1 fully saturated rings. The van der Waals surface area contributed by atoms with Crippen LogP contribution >= 0.6 is 0 Å². The van der Waals surface area contributed by atoms with Gasteiger partial charge in [-0.05, 0) is 68.7 Å². The molecule has 2 heterocycles. The monoisotopic (exact) mass is 472 g/mol. The minimum Gasteiger partial charge on any atom is -0.426 e. The van der Waals surface area contributed by atoms with Gasteiger partial charge in [0.1, 0.15) is 5.75 Å². The number of piperazine rings is 1. The van der Waals surface area contributed by atoms with Gasteiger partial charge in [-0.1, -0.05) is 12.1 Å². The van der Waals surface area contributed by atoms with E-state index in [0.29, 0.717) is 17.0 Å². The van der Waals surface area contributed by atoms with Gasteiger partial charge in [0.05, 0.1) is 11.3 Å². The van der Waals surface area contributed by atoms with Gasteiger partial charge in [-0.2, -0.15) is 0 Å². The Balaban J connectivity index is 1.43. The zero-order valence-electron chi connectivity index (χ0n) is 20.6. The summed E-state index contributed by atoms with van der Waals surface area (Å²) in [6.07, 6.45) is 3.03. The largest absolute Gasteiger partial charge is 0.426 e. The van der Waals surface area contributed by atoms with E-state index in [4.69, 9.17) is 4.74 Å². The fourth-order valence-electron chi connectivity index (χ4n) is 4.07. The standard InChI is InChI=1S/C27H32N6O2/c1-20-25(12-13-28-2)26(34)30-27(29-20)35-24-10-8-22(9-11-24)32(4)23-7-5-6-21(18-23)19-33-16-14-31(3)15-17-33/h5-13,18H,2,14-17,19H2,1,3-4H3,(H,29,30,34)/b13-12-. The molecule has 35 heavy (non-hydrogen) atoms.